The highest BCUT2D eigenvalue weighted by atomic mass is 32.1. The Kier molecular flexibility index (Phi) is 5.27. The maximum atomic E-state index is 12.8. The Labute approximate surface area is 155 Å². The van der Waals surface area contributed by atoms with Crippen LogP contribution in [-0.4, -0.2) is 30.2 Å². The van der Waals surface area contributed by atoms with Crippen molar-refractivity contribution in [2.24, 2.45) is 0 Å². The van der Waals surface area contributed by atoms with Gasteiger partial charge < -0.3 is 19.4 Å². The summed E-state index contributed by atoms with van der Waals surface area (Å²) in [6.07, 6.45) is 0. The third-order valence-electron chi connectivity index (χ3n) is 4.03. The molecule has 0 saturated carbocycles. The van der Waals surface area contributed by atoms with E-state index in [-0.39, 0.29) is 12.5 Å². The van der Waals surface area contributed by atoms with Crippen molar-refractivity contribution in [3.05, 3.63) is 47.5 Å². The maximum Gasteiger partial charge on any atom is 0.355 e. The molecule has 0 unspecified atom stereocenters. The number of methoxy groups -OCH3 is 1. The molecule has 0 fully saturated rings. The van der Waals surface area contributed by atoms with Crippen molar-refractivity contribution in [2.75, 3.05) is 19.0 Å². The summed E-state index contributed by atoms with van der Waals surface area (Å²) in [5, 5.41) is 5.72. The highest BCUT2D eigenvalue weighted by Gasteiger charge is 2.25. The van der Waals surface area contributed by atoms with Crippen LogP contribution in [0.1, 0.15) is 30.4 Å². The molecule has 0 aliphatic rings. The van der Waals surface area contributed by atoms with Crippen LogP contribution in [0.4, 0.5) is 5.69 Å². The minimum atomic E-state index is -0.586. The van der Waals surface area contributed by atoms with Gasteiger partial charge in [-0.25, -0.2) is 4.79 Å². The van der Waals surface area contributed by atoms with Crippen molar-refractivity contribution in [1.29, 1.82) is 0 Å². The van der Waals surface area contributed by atoms with E-state index in [0.29, 0.717) is 17.1 Å². The molecule has 7 heteroatoms. The van der Waals surface area contributed by atoms with Crippen LogP contribution in [0.3, 0.4) is 0 Å². The van der Waals surface area contributed by atoms with Crippen LogP contribution in [0.5, 0.6) is 5.75 Å². The van der Waals surface area contributed by atoms with E-state index in [2.05, 4.69) is 5.32 Å². The van der Waals surface area contributed by atoms with Crippen LogP contribution in [0.25, 0.3) is 10.2 Å². The van der Waals surface area contributed by atoms with E-state index in [1.54, 1.807) is 55.9 Å². The van der Waals surface area contributed by atoms with Gasteiger partial charge in [0.2, 0.25) is 5.91 Å². The minimum absolute atomic E-state index is 0.227. The lowest BCUT2D eigenvalue weighted by Gasteiger charge is -2.17. The number of hydrogen-bond donors (Lipinski definition) is 1. The Hall–Kier alpha value is -2.80. The van der Waals surface area contributed by atoms with Gasteiger partial charge in [0, 0.05) is 17.1 Å². The molecule has 0 aliphatic heterocycles. The van der Waals surface area contributed by atoms with E-state index < -0.39 is 12.0 Å². The smallest absolute Gasteiger partial charge is 0.355 e. The van der Waals surface area contributed by atoms with Gasteiger partial charge in [0.1, 0.15) is 22.3 Å². The monoisotopic (exact) mass is 372 g/mol. The van der Waals surface area contributed by atoms with E-state index in [1.165, 1.54) is 11.3 Å². The quantitative estimate of drug-likeness (QED) is 0.662. The summed E-state index contributed by atoms with van der Waals surface area (Å²) in [7, 11) is 1.57. The Bertz CT molecular complexity index is 944. The zero-order valence-corrected chi connectivity index (χ0v) is 15.6. The molecule has 1 aromatic carbocycles. The lowest BCUT2D eigenvalue weighted by atomic mass is 10.2. The number of fused-ring (bicyclic) bond motifs is 1. The molecular formula is C19H20N2O4S. The molecule has 26 heavy (non-hydrogen) atoms. The van der Waals surface area contributed by atoms with Gasteiger partial charge in [-0.15, -0.1) is 11.3 Å². The summed E-state index contributed by atoms with van der Waals surface area (Å²) in [6.45, 7) is 3.80. The number of nitrogens with one attached hydrogen (secondary N) is 1. The molecule has 1 N–H and O–H groups in total. The predicted molar refractivity (Wildman–Crippen MR) is 102 cm³/mol. The van der Waals surface area contributed by atoms with Gasteiger partial charge in [0.05, 0.1) is 13.7 Å². The zero-order valence-electron chi connectivity index (χ0n) is 14.8. The number of nitrogens with zero attached hydrogens (tertiary/aromatic N) is 1. The fraction of sp³-hybridized carbons (Fsp3) is 0.263. The lowest BCUT2D eigenvalue weighted by Crippen LogP contribution is -2.26. The van der Waals surface area contributed by atoms with E-state index in [1.807, 2.05) is 11.4 Å². The van der Waals surface area contributed by atoms with Gasteiger partial charge >= 0.3 is 5.97 Å². The van der Waals surface area contributed by atoms with Crippen molar-refractivity contribution in [3.8, 4) is 5.75 Å². The molecule has 136 valence electrons. The number of carbonyl (C=O) groups excluding carboxylic acids is 2. The maximum absolute atomic E-state index is 12.8. The minimum Gasteiger partial charge on any atom is -0.497 e. The van der Waals surface area contributed by atoms with Gasteiger partial charge in [0.25, 0.3) is 0 Å². The summed E-state index contributed by atoms with van der Waals surface area (Å²) in [6, 6.07) is 10.2. The van der Waals surface area contributed by atoms with Crippen molar-refractivity contribution in [2.45, 2.75) is 19.9 Å². The summed E-state index contributed by atoms with van der Waals surface area (Å²) in [4.78, 5) is 26.0. The largest absolute Gasteiger partial charge is 0.497 e. The molecule has 0 spiro atoms. The van der Waals surface area contributed by atoms with Crippen molar-refractivity contribution >= 4 is 39.1 Å². The number of thiophene rings is 1. The first-order chi connectivity index (χ1) is 12.5. The number of amides is 1. The Morgan fingerprint density at radius 3 is 2.81 bits per heavy atom. The van der Waals surface area contributed by atoms with Gasteiger partial charge in [0.15, 0.2) is 0 Å². The second-order valence-corrected chi connectivity index (χ2v) is 6.59. The summed E-state index contributed by atoms with van der Waals surface area (Å²) in [5.74, 6) is -0.00379. The molecule has 3 aromatic rings. The fourth-order valence-corrected chi connectivity index (χ4v) is 3.73. The van der Waals surface area contributed by atoms with Gasteiger partial charge in [-0.1, -0.05) is 6.07 Å². The number of rotatable bonds is 6. The van der Waals surface area contributed by atoms with Gasteiger partial charge in [-0.05, 0) is 43.5 Å². The third-order valence-corrected chi connectivity index (χ3v) is 4.96. The number of ether oxygens (including phenoxy) is 2. The molecule has 2 heterocycles. The summed E-state index contributed by atoms with van der Waals surface area (Å²) < 4.78 is 12.1. The number of carbonyl (C=O) groups is 2. The number of anilines is 1. The van der Waals surface area contributed by atoms with E-state index in [4.69, 9.17) is 9.47 Å². The average molecular weight is 372 g/mol. The van der Waals surface area contributed by atoms with Crippen molar-refractivity contribution in [1.82, 2.24) is 4.57 Å². The molecule has 0 saturated heterocycles. The van der Waals surface area contributed by atoms with Crippen LogP contribution >= 0.6 is 11.3 Å². The topological polar surface area (TPSA) is 69.6 Å². The van der Waals surface area contributed by atoms with Crippen LogP contribution in [0.15, 0.2) is 41.8 Å². The van der Waals surface area contributed by atoms with Crippen molar-refractivity contribution < 1.29 is 19.1 Å². The van der Waals surface area contributed by atoms with E-state index in [0.717, 1.165) is 10.2 Å². The molecule has 0 aliphatic carbocycles. The molecule has 0 radical (unpaired) electrons. The van der Waals surface area contributed by atoms with Crippen LogP contribution in [0, 0.1) is 0 Å². The summed E-state index contributed by atoms with van der Waals surface area (Å²) >= 11 is 1.48. The number of benzene rings is 1. The van der Waals surface area contributed by atoms with Crippen LogP contribution in [-0.2, 0) is 9.53 Å². The molecule has 6 nitrogen and oxygen atoms in total. The predicted octanol–water partition coefficient (Wildman–Crippen LogP) is 4.09. The highest BCUT2D eigenvalue weighted by Crippen LogP contribution is 2.30. The first kappa shape index (κ1) is 18.0. The van der Waals surface area contributed by atoms with Crippen LogP contribution in [0.2, 0.25) is 0 Å². The molecule has 0 bridgehead atoms. The Morgan fingerprint density at radius 1 is 1.27 bits per heavy atom. The molecule has 2 aromatic heterocycles. The molecule has 1 atom stereocenters. The van der Waals surface area contributed by atoms with Crippen molar-refractivity contribution in [3.63, 3.8) is 0 Å². The number of esters is 1. The zero-order chi connectivity index (χ0) is 18.7. The number of hydrogen-bond acceptors (Lipinski definition) is 5. The molecule has 3 rings (SSSR count). The lowest BCUT2D eigenvalue weighted by molar-refractivity contribution is -0.118. The van der Waals surface area contributed by atoms with E-state index >= 15 is 0 Å². The fourth-order valence-electron chi connectivity index (χ4n) is 2.75. The molecular weight excluding hydrogens is 352 g/mol. The van der Waals surface area contributed by atoms with Crippen LogP contribution < -0.4 is 10.1 Å². The first-order valence-corrected chi connectivity index (χ1v) is 9.13. The second-order valence-electron chi connectivity index (χ2n) is 5.70. The SMILES string of the molecule is CCOC(=O)c1cc2ccsc2n1[C@H](C)C(=O)Nc1cccc(OC)c1. The van der Waals surface area contributed by atoms with Gasteiger partial charge in [-0.2, -0.15) is 0 Å². The van der Waals surface area contributed by atoms with E-state index in [9.17, 15) is 9.59 Å². The third kappa shape index (κ3) is 3.43. The first-order valence-electron chi connectivity index (χ1n) is 8.25. The second kappa shape index (κ2) is 7.61. The number of aromatic nitrogens is 1. The Balaban J connectivity index is 1.91. The average Bonchev–Trinajstić information content (AvgIpc) is 3.22. The molecule has 1 amide bonds. The van der Waals surface area contributed by atoms with Gasteiger partial charge in [-0.3, -0.25) is 4.79 Å². The Morgan fingerprint density at radius 2 is 2.08 bits per heavy atom. The standard InChI is InChI=1S/C19H20N2O4S/c1-4-25-19(23)16-10-13-8-9-26-18(13)21(16)12(2)17(22)20-14-6-5-7-15(11-14)24-3/h5-12H,4H2,1-3H3,(H,20,22)/t12-/m1/s1. The normalized spacial score (nSPS) is 12.0. The summed E-state index contributed by atoms with van der Waals surface area (Å²) in [5.41, 5.74) is 1.01. The highest BCUT2D eigenvalue weighted by molar-refractivity contribution is 7.16.